The number of nitrogens with one attached hydrogen (secondary N) is 1. The molecule has 86 valence electrons. The molecule has 0 fully saturated rings. The van der Waals surface area contributed by atoms with Gasteiger partial charge in [-0.3, -0.25) is 0 Å². The molecule has 15 heavy (non-hydrogen) atoms. The Morgan fingerprint density at radius 2 is 1.93 bits per heavy atom. The highest BCUT2D eigenvalue weighted by atomic mass is 35.5. The van der Waals surface area contributed by atoms with Gasteiger partial charge in [-0.1, -0.05) is 12.1 Å². The summed E-state index contributed by atoms with van der Waals surface area (Å²) in [5.74, 6) is 0.915. The van der Waals surface area contributed by atoms with E-state index in [1.807, 2.05) is 12.1 Å². The number of benzene rings is 1. The van der Waals surface area contributed by atoms with Crippen molar-refractivity contribution in [1.82, 2.24) is 5.32 Å². The van der Waals surface area contributed by atoms with Crippen LogP contribution in [-0.2, 0) is 6.54 Å². The Hall–Kier alpha value is -0.730. The van der Waals surface area contributed by atoms with E-state index in [1.54, 1.807) is 7.11 Å². The van der Waals surface area contributed by atoms with Gasteiger partial charge in [-0.05, 0) is 38.5 Å². The van der Waals surface area contributed by atoms with Gasteiger partial charge in [0, 0.05) is 12.1 Å². The van der Waals surface area contributed by atoms with Gasteiger partial charge >= 0.3 is 0 Å². The lowest BCUT2D eigenvalue weighted by Gasteiger charge is -2.20. The van der Waals surface area contributed by atoms with Gasteiger partial charge in [-0.2, -0.15) is 0 Å². The molecule has 3 heteroatoms. The van der Waals surface area contributed by atoms with Crippen LogP contribution in [0.15, 0.2) is 24.3 Å². The van der Waals surface area contributed by atoms with Crippen LogP contribution in [0.5, 0.6) is 5.75 Å². The van der Waals surface area contributed by atoms with Crippen LogP contribution < -0.4 is 22.5 Å². The van der Waals surface area contributed by atoms with Crippen LogP contribution >= 0.6 is 0 Å². The summed E-state index contributed by atoms with van der Waals surface area (Å²) in [5, 5.41) is 3.43. The second kappa shape index (κ2) is 5.99. The van der Waals surface area contributed by atoms with Crippen LogP contribution in [0.25, 0.3) is 0 Å². The molecule has 0 unspecified atom stereocenters. The second-order valence-corrected chi connectivity index (χ2v) is 4.46. The highest BCUT2D eigenvalue weighted by Crippen LogP contribution is 2.13. The Labute approximate surface area is 98.4 Å². The largest absolute Gasteiger partial charge is 1.00 e. The molecule has 0 saturated carbocycles. The minimum Gasteiger partial charge on any atom is -1.00 e. The maximum absolute atomic E-state index is 5.16. The molecule has 0 spiro atoms. The minimum absolute atomic E-state index is 0. The van der Waals surface area contributed by atoms with Crippen LogP contribution in [0.3, 0.4) is 0 Å². The third-order valence-electron chi connectivity index (χ3n) is 1.96. The van der Waals surface area contributed by atoms with E-state index in [2.05, 4.69) is 38.2 Å². The van der Waals surface area contributed by atoms with E-state index in [1.165, 1.54) is 5.56 Å². The van der Waals surface area contributed by atoms with Crippen LogP contribution in [0.2, 0.25) is 0 Å². The predicted octanol–water partition coefficient (Wildman–Crippen LogP) is -0.413. The highest BCUT2D eigenvalue weighted by molar-refractivity contribution is 5.28. The molecule has 0 aromatic heterocycles. The van der Waals surface area contributed by atoms with Crippen LogP contribution in [0.1, 0.15) is 26.3 Å². The second-order valence-electron chi connectivity index (χ2n) is 4.46. The lowest BCUT2D eigenvalue weighted by Crippen LogP contribution is -3.00. The lowest BCUT2D eigenvalue weighted by atomic mass is 10.1. The molecule has 0 saturated heterocycles. The first-order valence-corrected chi connectivity index (χ1v) is 4.89. The maximum atomic E-state index is 5.16. The summed E-state index contributed by atoms with van der Waals surface area (Å²) >= 11 is 0. The van der Waals surface area contributed by atoms with Gasteiger partial charge in [0.25, 0.3) is 0 Å². The molecule has 0 radical (unpaired) electrons. The van der Waals surface area contributed by atoms with Crippen molar-refractivity contribution >= 4 is 0 Å². The number of methoxy groups -OCH3 is 1. The minimum atomic E-state index is 0. The molecule has 1 aromatic rings. The molecule has 0 aliphatic rings. The Balaban J connectivity index is 0.00000196. The molecule has 0 heterocycles. The average Bonchev–Trinajstić information content (AvgIpc) is 2.14. The first kappa shape index (κ1) is 14.3. The van der Waals surface area contributed by atoms with Gasteiger partial charge in [-0.25, -0.2) is 0 Å². The molecule has 1 aromatic carbocycles. The first-order chi connectivity index (χ1) is 6.51. The number of halogens is 1. The van der Waals surface area contributed by atoms with Crippen molar-refractivity contribution in [2.75, 3.05) is 7.11 Å². The van der Waals surface area contributed by atoms with E-state index in [0.717, 1.165) is 12.3 Å². The number of rotatable bonds is 3. The summed E-state index contributed by atoms with van der Waals surface area (Å²) in [6.45, 7) is 7.36. The van der Waals surface area contributed by atoms with E-state index < -0.39 is 0 Å². The number of ether oxygens (including phenoxy) is 1. The van der Waals surface area contributed by atoms with Crippen LogP contribution in [0.4, 0.5) is 0 Å². The topological polar surface area (TPSA) is 21.3 Å². The molecular formula is C12H19ClNO-. The molecule has 0 amide bonds. The van der Waals surface area contributed by atoms with E-state index in [0.29, 0.717) is 0 Å². The predicted molar refractivity (Wildman–Crippen MR) is 59.6 cm³/mol. The summed E-state index contributed by atoms with van der Waals surface area (Å²) < 4.78 is 5.16. The molecule has 1 N–H and O–H groups in total. The van der Waals surface area contributed by atoms with Crippen LogP contribution in [0, 0.1) is 0 Å². The van der Waals surface area contributed by atoms with E-state index >= 15 is 0 Å². The van der Waals surface area contributed by atoms with Gasteiger partial charge < -0.3 is 22.5 Å². The van der Waals surface area contributed by atoms with Gasteiger partial charge in [0.1, 0.15) is 5.75 Å². The van der Waals surface area contributed by atoms with Crippen molar-refractivity contribution in [3.05, 3.63) is 29.8 Å². The maximum Gasteiger partial charge on any atom is 0.119 e. The van der Waals surface area contributed by atoms with E-state index in [9.17, 15) is 0 Å². The van der Waals surface area contributed by atoms with Gasteiger partial charge in [0.05, 0.1) is 7.11 Å². The molecule has 1 rings (SSSR count). The Kier molecular flexibility index (Phi) is 5.69. The fraction of sp³-hybridized carbons (Fsp3) is 0.500. The molecule has 0 atom stereocenters. The average molecular weight is 229 g/mol. The van der Waals surface area contributed by atoms with Crippen molar-refractivity contribution < 1.29 is 17.1 Å². The van der Waals surface area contributed by atoms with Crippen molar-refractivity contribution in [3.8, 4) is 5.75 Å². The Bertz CT molecular complexity index is 294. The van der Waals surface area contributed by atoms with E-state index in [4.69, 9.17) is 4.74 Å². The van der Waals surface area contributed by atoms with Crippen LogP contribution in [-0.4, -0.2) is 12.6 Å². The molecule has 0 aliphatic carbocycles. The summed E-state index contributed by atoms with van der Waals surface area (Å²) in [7, 11) is 1.69. The van der Waals surface area contributed by atoms with Gasteiger partial charge in [0.15, 0.2) is 0 Å². The fourth-order valence-corrected chi connectivity index (χ4v) is 1.15. The summed E-state index contributed by atoms with van der Waals surface area (Å²) in [5.41, 5.74) is 1.41. The van der Waals surface area contributed by atoms with Crippen molar-refractivity contribution in [2.45, 2.75) is 32.9 Å². The highest BCUT2D eigenvalue weighted by Gasteiger charge is 2.08. The lowest BCUT2D eigenvalue weighted by molar-refractivity contribution is -0.00000401. The van der Waals surface area contributed by atoms with Gasteiger partial charge in [0.2, 0.25) is 0 Å². The number of hydrogen-bond donors (Lipinski definition) is 1. The quantitative estimate of drug-likeness (QED) is 0.760. The third kappa shape index (κ3) is 5.65. The zero-order chi connectivity index (χ0) is 10.6. The zero-order valence-corrected chi connectivity index (χ0v) is 10.6. The molecular weight excluding hydrogens is 210 g/mol. The monoisotopic (exact) mass is 228 g/mol. The molecule has 0 bridgehead atoms. The standard InChI is InChI=1S/C12H19NO.ClH/c1-12(2,3)13-9-10-6-5-7-11(8-10)14-4;/h5-8,13H,9H2,1-4H3;1H/p-1. The molecule has 0 aliphatic heterocycles. The summed E-state index contributed by atoms with van der Waals surface area (Å²) in [6, 6.07) is 8.12. The Morgan fingerprint density at radius 1 is 1.27 bits per heavy atom. The SMILES string of the molecule is COc1cccc(CNC(C)(C)C)c1.[Cl-]. The van der Waals surface area contributed by atoms with Gasteiger partial charge in [-0.15, -0.1) is 0 Å². The Morgan fingerprint density at radius 3 is 2.47 bits per heavy atom. The zero-order valence-electron chi connectivity index (χ0n) is 9.80. The van der Waals surface area contributed by atoms with Crippen molar-refractivity contribution in [1.29, 1.82) is 0 Å². The van der Waals surface area contributed by atoms with Crippen molar-refractivity contribution in [3.63, 3.8) is 0 Å². The van der Waals surface area contributed by atoms with E-state index in [-0.39, 0.29) is 17.9 Å². The number of hydrogen-bond acceptors (Lipinski definition) is 2. The third-order valence-corrected chi connectivity index (χ3v) is 1.96. The fourth-order valence-electron chi connectivity index (χ4n) is 1.15. The summed E-state index contributed by atoms with van der Waals surface area (Å²) in [6.07, 6.45) is 0. The molecule has 2 nitrogen and oxygen atoms in total. The first-order valence-electron chi connectivity index (χ1n) is 4.89. The summed E-state index contributed by atoms with van der Waals surface area (Å²) in [4.78, 5) is 0. The van der Waals surface area contributed by atoms with Crippen molar-refractivity contribution in [2.24, 2.45) is 0 Å². The normalized spacial score (nSPS) is 10.7. The smallest absolute Gasteiger partial charge is 0.119 e.